The Morgan fingerprint density at radius 1 is 1.29 bits per heavy atom. The van der Waals surface area contributed by atoms with Gasteiger partial charge in [-0.25, -0.2) is 0 Å². The molecule has 0 aliphatic rings. The van der Waals surface area contributed by atoms with Crippen molar-refractivity contribution in [2.45, 2.75) is 54.1 Å². The summed E-state index contributed by atoms with van der Waals surface area (Å²) in [6.45, 7) is 12.1. The number of carbonyl (C=O) groups excluding carboxylic acids is 1. The highest BCUT2D eigenvalue weighted by molar-refractivity contribution is 5.86. The van der Waals surface area contributed by atoms with Crippen LogP contribution in [0.3, 0.4) is 0 Å². The van der Waals surface area contributed by atoms with Crippen molar-refractivity contribution < 1.29 is 4.79 Å². The smallest absolute Gasteiger partial charge is 0.153 e. The lowest BCUT2D eigenvalue weighted by Crippen LogP contribution is -2.02. The molecular weight excluding hydrogens is 264 g/mol. The maximum Gasteiger partial charge on any atom is 0.153 e. The Labute approximate surface area is 126 Å². The predicted molar refractivity (Wildman–Crippen MR) is 83.4 cm³/mol. The summed E-state index contributed by atoms with van der Waals surface area (Å²) in [6.07, 6.45) is 3.77. The molecule has 0 spiro atoms. The van der Waals surface area contributed by atoms with Gasteiger partial charge in [0.15, 0.2) is 6.29 Å². The quantitative estimate of drug-likeness (QED) is 0.767. The Bertz CT molecular complexity index is 637. The summed E-state index contributed by atoms with van der Waals surface area (Å²) >= 11 is 0. The van der Waals surface area contributed by atoms with Crippen LogP contribution in [-0.2, 0) is 13.1 Å². The van der Waals surface area contributed by atoms with Crippen LogP contribution >= 0.6 is 0 Å². The number of carbonyl (C=O) groups is 1. The molecule has 0 atom stereocenters. The molecular formula is C16H24N4O. The minimum atomic E-state index is 0.614. The fourth-order valence-electron chi connectivity index (χ4n) is 2.57. The second-order valence-electron chi connectivity index (χ2n) is 5.86. The second kappa shape index (κ2) is 6.24. The van der Waals surface area contributed by atoms with Crippen LogP contribution in [0.4, 0.5) is 0 Å². The van der Waals surface area contributed by atoms with Crippen LogP contribution in [0.25, 0.3) is 11.3 Å². The highest BCUT2D eigenvalue weighted by atomic mass is 16.1. The monoisotopic (exact) mass is 288 g/mol. The van der Waals surface area contributed by atoms with Crippen LogP contribution in [0.15, 0.2) is 6.20 Å². The molecule has 0 bridgehead atoms. The van der Waals surface area contributed by atoms with E-state index in [9.17, 15) is 4.79 Å². The Hall–Kier alpha value is -1.91. The van der Waals surface area contributed by atoms with E-state index >= 15 is 0 Å². The molecule has 0 aromatic carbocycles. The van der Waals surface area contributed by atoms with Crippen molar-refractivity contribution in [3.8, 4) is 11.3 Å². The van der Waals surface area contributed by atoms with Crippen LogP contribution in [-0.4, -0.2) is 25.8 Å². The molecule has 0 aliphatic heterocycles. The maximum atomic E-state index is 11.4. The lowest BCUT2D eigenvalue weighted by molar-refractivity contribution is 0.112. The molecule has 114 valence electrons. The third kappa shape index (κ3) is 3.06. The van der Waals surface area contributed by atoms with Crippen molar-refractivity contribution in [2.24, 2.45) is 5.92 Å². The third-order valence-corrected chi connectivity index (χ3v) is 3.77. The standard InChI is InChI=1S/C16H24N4O/c1-6-20-13(5)15(12(4)17-20)16-14(10-21)9-19(18-16)8-7-11(2)3/h9-11H,6-8H2,1-5H3. The molecule has 5 nitrogen and oxygen atoms in total. The molecule has 0 unspecified atom stereocenters. The van der Waals surface area contributed by atoms with Crippen molar-refractivity contribution in [2.75, 3.05) is 0 Å². The number of aryl methyl sites for hydroxylation is 3. The van der Waals surface area contributed by atoms with Crippen LogP contribution in [0.5, 0.6) is 0 Å². The van der Waals surface area contributed by atoms with Crippen LogP contribution in [0.2, 0.25) is 0 Å². The lowest BCUT2D eigenvalue weighted by atomic mass is 10.1. The van der Waals surface area contributed by atoms with Crippen molar-refractivity contribution in [1.82, 2.24) is 19.6 Å². The summed E-state index contributed by atoms with van der Waals surface area (Å²) < 4.78 is 3.83. The summed E-state index contributed by atoms with van der Waals surface area (Å²) in [5.74, 6) is 0.614. The molecule has 0 aliphatic carbocycles. The van der Waals surface area contributed by atoms with Gasteiger partial charge in [0.2, 0.25) is 0 Å². The first kappa shape index (κ1) is 15.5. The van der Waals surface area contributed by atoms with Gasteiger partial charge in [0, 0.05) is 30.5 Å². The van der Waals surface area contributed by atoms with Gasteiger partial charge >= 0.3 is 0 Å². The van der Waals surface area contributed by atoms with Gasteiger partial charge in [-0.1, -0.05) is 13.8 Å². The molecule has 0 fully saturated rings. The summed E-state index contributed by atoms with van der Waals surface area (Å²) in [4.78, 5) is 11.4. The predicted octanol–water partition coefficient (Wildman–Crippen LogP) is 3.24. The van der Waals surface area contributed by atoms with E-state index in [0.29, 0.717) is 11.5 Å². The van der Waals surface area contributed by atoms with Gasteiger partial charge in [-0.3, -0.25) is 14.2 Å². The van der Waals surface area contributed by atoms with Gasteiger partial charge < -0.3 is 0 Å². The van der Waals surface area contributed by atoms with Crippen molar-refractivity contribution >= 4 is 6.29 Å². The number of nitrogens with zero attached hydrogens (tertiary/aromatic N) is 4. The van der Waals surface area contributed by atoms with Crippen LogP contribution in [0, 0.1) is 19.8 Å². The van der Waals surface area contributed by atoms with E-state index in [2.05, 4.69) is 31.0 Å². The first-order valence-electron chi connectivity index (χ1n) is 7.54. The Morgan fingerprint density at radius 3 is 2.52 bits per heavy atom. The molecule has 21 heavy (non-hydrogen) atoms. The molecule has 2 aromatic rings. The molecule has 5 heteroatoms. The normalized spacial score (nSPS) is 11.3. The molecule has 2 rings (SSSR count). The molecule has 2 heterocycles. The van der Waals surface area contributed by atoms with E-state index in [4.69, 9.17) is 0 Å². The molecule has 0 saturated carbocycles. The fraction of sp³-hybridized carbons (Fsp3) is 0.562. The van der Waals surface area contributed by atoms with Gasteiger partial charge in [0.1, 0.15) is 5.69 Å². The summed E-state index contributed by atoms with van der Waals surface area (Å²) in [5.41, 5.74) is 4.37. The topological polar surface area (TPSA) is 52.7 Å². The SMILES string of the molecule is CCn1nc(C)c(-c2nn(CCC(C)C)cc2C=O)c1C. The second-order valence-corrected chi connectivity index (χ2v) is 5.86. The Morgan fingerprint density at radius 2 is 2.00 bits per heavy atom. The average Bonchev–Trinajstić information content (AvgIpc) is 2.97. The summed E-state index contributed by atoms with van der Waals surface area (Å²) in [5, 5.41) is 9.14. The van der Waals surface area contributed by atoms with E-state index in [0.717, 1.165) is 48.4 Å². The highest BCUT2D eigenvalue weighted by Gasteiger charge is 2.19. The van der Waals surface area contributed by atoms with E-state index < -0.39 is 0 Å². The number of aldehydes is 1. The summed E-state index contributed by atoms with van der Waals surface area (Å²) in [6, 6.07) is 0. The maximum absolute atomic E-state index is 11.4. The van der Waals surface area contributed by atoms with Crippen molar-refractivity contribution in [3.63, 3.8) is 0 Å². The zero-order valence-corrected chi connectivity index (χ0v) is 13.6. The highest BCUT2D eigenvalue weighted by Crippen LogP contribution is 2.28. The zero-order valence-electron chi connectivity index (χ0n) is 13.6. The van der Waals surface area contributed by atoms with Crippen molar-refractivity contribution in [1.29, 1.82) is 0 Å². The van der Waals surface area contributed by atoms with Gasteiger partial charge in [-0.15, -0.1) is 0 Å². The van der Waals surface area contributed by atoms with Gasteiger partial charge in [-0.05, 0) is 33.1 Å². The molecule has 0 N–H and O–H groups in total. The Kier molecular flexibility index (Phi) is 4.60. The summed E-state index contributed by atoms with van der Waals surface area (Å²) in [7, 11) is 0. The van der Waals surface area contributed by atoms with E-state index in [1.165, 1.54) is 0 Å². The van der Waals surface area contributed by atoms with Gasteiger partial charge in [0.05, 0.1) is 11.3 Å². The minimum absolute atomic E-state index is 0.614. The molecule has 0 saturated heterocycles. The van der Waals surface area contributed by atoms with Crippen molar-refractivity contribution in [3.05, 3.63) is 23.1 Å². The van der Waals surface area contributed by atoms with Gasteiger partial charge in [-0.2, -0.15) is 10.2 Å². The number of rotatable bonds is 6. The van der Waals surface area contributed by atoms with Gasteiger partial charge in [0.25, 0.3) is 0 Å². The minimum Gasteiger partial charge on any atom is -0.298 e. The molecule has 0 amide bonds. The lowest BCUT2D eigenvalue weighted by Gasteiger charge is -2.04. The fourth-order valence-corrected chi connectivity index (χ4v) is 2.57. The van der Waals surface area contributed by atoms with E-state index in [1.807, 2.05) is 29.4 Å². The number of hydrogen-bond donors (Lipinski definition) is 0. The van der Waals surface area contributed by atoms with E-state index in [-0.39, 0.29) is 0 Å². The van der Waals surface area contributed by atoms with Crippen LogP contribution in [0.1, 0.15) is 48.9 Å². The number of aromatic nitrogens is 4. The Balaban J connectivity index is 2.43. The van der Waals surface area contributed by atoms with Crippen LogP contribution < -0.4 is 0 Å². The third-order valence-electron chi connectivity index (χ3n) is 3.77. The number of hydrogen-bond acceptors (Lipinski definition) is 3. The van der Waals surface area contributed by atoms with E-state index in [1.54, 1.807) is 0 Å². The average molecular weight is 288 g/mol. The first-order chi connectivity index (χ1) is 9.97. The first-order valence-corrected chi connectivity index (χ1v) is 7.54. The zero-order chi connectivity index (χ0) is 15.6. The largest absolute Gasteiger partial charge is 0.298 e. The molecule has 2 aromatic heterocycles. The molecule has 0 radical (unpaired) electrons.